The number of hydrogen-bond donors (Lipinski definition) is 1. The maximum Gasteiger partial charge on any atom is 0.445 e. The predicted molar refractivity (Wildman–Crippen MR) is 129 cm³/mol. The molecule has 1 aromatic carbocycles. The Balaban J connectivity index is 1.26. The third-order valence-corrected chi connectivity index (χ3v) is 8.08. The fraction of sp³-hybridized carbons (Fsp3) is 0.238. The molecule has 1 fully saturated rings. The van der Waals surface area contributed by atoms with E-state index in [1.807, 2.05) is 41.8 Å². The number of thiophene rings is 1. The van der Waals surface area contributed by atoms with Crippen molar-refractivity contribution in [3.05, 3.63) is 57.9 Å². The maximum atomic E-state index is 12.9. The van der Waals surface area contributed by atoms with E-state index in [0.29, 0.717) is 48.9 Å². The standard InChI is InChI=1S/C21H17F3N6OS3/c22-21(23,24)19-27-28-20(34-19)30-9-7-29(8-10-30)15-5-2-1-4-13(15)25-17(31)14-12-33-18(26-14)16-6-3-11-32-16/h1-6,11-12H,7-10H2,(H,25,31). The molecule has 1 aliphatic rings. The van der Waals surface area contributed by atoms with Crippen LogP contribution in [0.15, 0.2) is 47.2 Å². The minimum Gasteiger partial charge on any atom is -0.366 e. The molecule has 0 unspecified atom stereocenters. The Labute approximate surface area is 204 Å². The first kappa shape index (κ1) is 22.7. The molecule has 34 heavy (non-hydrogen) atoms. The minimum absolute atomic E-state index is 0.263. The monoisotopic (exact) mass is 522 g/mol. The number of thiazole rings is 1. The van der Waals surface area contributed by atoms with Crippen LogP contribution in [-0.2, 0) is 6.18 Å². The van der Waals surface area contributed by atoms with E-state index < -0.39 is 11.2 Å². The molecule has 5 rings (SSSR count). The molecule has 13 heteroatoms. The van der Waals surface area contributed by atoms with E-state index in [1.54, 1.807) is 21.6 Å². The van der Waals surface area contributed by atoms with Gasteiger partial charge in [0.25, 0.3) is 5.91 Å². The van der Waals surface area contributed by atoms with Gasteiger partial charge in [0.1, 0.15) is 10.7 Å². The van der Waals surface area contributed by atoms with Crippen molar-refractivity contribution < 1.29 is 18.0 Å². The summed E-state index contributed by atoms with van der Waals surface area (Å²) in [6.45, 7) is 2.11. The summed E-state index contributed by atoms with van der Waals surface area (Å²) in [6.07, 6.45) is -4.49. The van der Waals surface area contributed by atoms with Gasteiger partial charge in [-0.25, -0.2) is 4.98 Å². The van der Waals surface area contributed by atoms with Crippen molar-refractivity contribution >= 4 is 56.4 Å². The Hall–Kier alpha value is -3.03. The first-order valence-electron chi connectivity index (χ1n) is 10.2. The molecule has 4 heterocycles. The summed E-state index contributed by atoms with van der Waals surface area (Å²) >= 11 is 3.54. The van der Waals surface area contributed by atoms with Crippen molar-refractivity contribution in [1.29, 1.82) is 0 Å². The van der Waals surface area contributed by atoms with E-state index in [2.05, 4.69) is 25.4 Å². The number of alkyl halides is 3. The molecule has 4 aromatic rings. The molecular weight excluding hydrogens is 505 g/mol. The molecule has 0 atom stereocenters. The summed E-state index contributed by atoms with van der Waals surface area (Å²) in [7, 11) is 0. The van der Waals surface area contributed by atoms with Gasteiger partial charge < -0.3 is 15.1 Å². The number of aromatic nitrogens is 3. The van der Waals surface area contributed by atoms with Gasteiger partial charge in [-0.3, -0.25) is 4.79 Å². The number of nitrogens with one attached hydrogen (secondary N) is 1. The molecule has 3 aromatic heterocycles. The van der Waals surface area contributed by atoms with Gasteiger partial charge in [-0.2, -0.15) is 13.2 Å². The smallest absolute Gasteiger partial charge is 0.366 e. The van der Waals surface area contributed by atoms with Crippen molar-refractivity contribution in [3.63, 3.8) is 0 Å². The summed E-state index contributed by atoms with van der Waals surface area (Å²) in [5.74, 6) is -0.293. The fourth-order valence-corrected chi connectivity index (χ4v) is 5.91. The number of rotatable bonds is 5. The highest BCUT2D eigenvalue weighted by molar-refractivity contribution is 7.20. The van der Waals surface area contributed by atoms with Crippen LogP contribution in [0.2, 0.25) is 0 Å². The van der Waals surface area contributed by atoms with Gasteiger partial charge in [-0.15, -0.1) is 32.9 Å². The van der Waals surface area contributed by atoms with Gasteiger partial charge in [-0.05, 0) is 23.6 Å². The van der Waals surface area contributed by atoms with Crippen LogP contribution in [0.4, 0.5) is 29.7 Å². The zero-order valence-electron chi connectivity index (χ0n) is 17.5. The molecule has 1 saturated heterocycles. The van der Waals surface area contributed by atoms with Gasteiger partial charge in [-0.1, -0.05) is 29.5 Å². The number of carbonyl (C=O) groups excluding carboxylic acids is 1. The topological polar surface area (TPSA) is 74.2 Å². The number of carbonyl (C=O) groups is 1. The summed E-state index contributed by atoms with van der Waals surface area (Å²) in [4.78, 5) is 22.2. The van der Waals surface area contributed by atoms with Crippen LogP contribution in [0.5, 0.6) is 0 Å². The van der Waals surface area contributed by atoms with Crippen LogP contribution in [0.3, 0.4) is 0 Å². The number of benzene rings is 1. The van der Waals surface area contributed by atoms with Gasteiger partial charge >= 0.3 is 6.18 Å². The summed E-state index contributed by atoms with van der Waals surface area (Å²) in [6, 6.07) is 11.4. The van der Waals surface area contributed by atoms with Crippen LogP contribution < -0.4 is 15.1 Å². The number of nitrogens with zero attached hydrogens (tertiary/aromatic N) is 5. The van der Waals surface area contributed by atoms with Gasteiger partial charge in [0, 0.05) is 31.6 Å². The van der Waals surface area contributed by atoms with Crippen LogP contribution in [0.25, 0.3) is 9.88 Å². The lowest BCUT2D eigenvalue weighted by Gasteiger charge is -2.36. The lowest BCUT2D eigenvalue weighted by molar-refractivity contribution is -0.138. The Kier molecular flexibility index (Phi) is 6.23. The SMILES string of the molecule is O=C(Nc1ccccc1N1CCN(c2nnc(C(F)(F)F)s2)CC1)c1csc(-c2cccs2)n1. The highest BCUT2D eigenvalue weighted by Crippen LogP contribution is 2.35. The van der Waals surface area contributed by atoms with Crippen molar-refractivity contribution in [2.45, 2.75) is 6.18 Å². The second-order valence-corrected chi connectivity index (χ2v) is 10.1. The van der Waals surface area contributed by atoms with E-state index in [0.717, 1.165) is 15.6 Å². The quantitative estimate of drug-likeness (QED) is 0.382. The molecule has 176 valence electrons. The van der Waals surface area contributed by atoms with Crippen LogP contribution in [0, 0.1) is 0 Å². The summed E-state index contributed by atoms with van der Waals surface area (Å²) in [5, 5.41) is 13.8. The molecule has 0 saturated carbocycles. The van der Waals surface area contributed by atoms with Crippen LogP contribution >= 0.6 is 34.0 Å². The van der Waals surface area contributed by atoms with E-state index in [9.17, 15) is 18.0 Å². The van der Waals surface area contributed by atoms with Crippen LogP contribution in [-0.4, -0.2) is 47.3 Å². The van der Waals surface area contributed by atoms with Crippen molar-refractivity contribution in [2.75, 3.05) is 41.3 Å². The third-order valence-electron chi connectivity index (χ3n) is 5.17. The normalized spacial score (nSPS) is 14.4. The lowest BCUT2D eigenvalue weighted by atomic mass is 10.2. The second-order valence-electron chi connectivity index (χ2n) is 7.35. The number of hydrogen-bond acceptors (Lipinski definition) is 9. The van der Waals surface area contributed by atoms with E-state index >= 15 is 0 Å². The Bertz CT molecular complexity index is 1280. The average Bonchev–Trinajstić information content (AvgIpc) is 3.60. The third kappa shape index (κ3) is 4.76. The van der Waals surface area contributed by atoms with Crippen molar-refractivity contribution in [1.82, 2.24) is 15.2 Å². The molecule has 0 spiro atoms. The Morgan fingerprint density at radius 3 is 2.44 bits per heavy atom. The molecule has 1 N–H and O–H groups in total. The maximum absolute atomic E-state index is 12.9. The van der Waals surface area contributed by atoms with E-state index in [4.69, 9.17) is 0 Å². The van der Waals surface area contributed by atoms with Gasteiger partial charge in [0.05, 0.1) is 16.3 Å². The lowest BCUT2D eigenvalue weighted by Crippen LogP contribution is -2.46. The minimum atomic E-state index is -4.49. The fourth-order valence-electron chi connectivity index (χ4n) is 3.53. The highest BCUT2D eigenvalue weighted by atomic mass is 32.1. The van der Waals surface area contributed by atoms with Gasteiger partial charge in [0.2, 0.25) is 10.1 Å². The first-order chi connectivity index (χ1) is 16.4. The van der Waals surface area contributed by atoms with Crippen molar-refractivity contribution in [3.8, 4) is 9.88 Å². The highest BCUT2D eigenvalue weighted by Gasteiger charge is 2.36. The predicted octanol–water partition coefficient (Wildman–Crippen LogP) is 5.32. The molecule has 0 aliphatic carbocycles. The Morgan fingerprint density at radius 2 is 1.74 bits per heavy atom. The zero-order valence-corrected chi connectivity index (χ0v) is 19.9. The van der Waals surface area contributed by atoms with E-state index in [1.165, 1.54) is 11.3 Å². The number of anilines is 3. The molecule has 1 amide bonds. The molecule has 1 aliphatic heterocycles. The number of piperazine rings is 1. The molecule has 7 nitrogen and oxygen atoms in total. The summed E-state index contributed by atoms with van der Waals surface area (Å²) in [5.41, 5.74) is 1.85. The first-order valence-corrected chi connectivity index (χ1v) is 12.8. The largest absolute Gasteiger partial charge is 0.445 e. The second kappa shape index (κ2) is 9.31. The average molecular weight is 523 g/mol. The molecular formula is C21H17F3N6OS3. The van der Waals surface area contributed by atoms with E-state index in [-0.39, 0.29) is 11.0 Å². The number of halogens is 3. The molecule has 0 radical (unpaired) electrons. The number of para-hydroxylation sites is 2. The zero-order chi connectivity index (χ0) is 23.7. The van der Waals surface area contributed by atoms with Crippen molar-refractivity contribution in [2.24, 2.45) is 0 Å². The Morgan fingerprint density at radius 1 is 0.971 bits per heavy atom. The van der Waals surface area contributed by atoms with Gasteiger partial charge in [0.15, 0.2) is 0 Å². The summed E-state index contributed by atoms with van der Waals surface area (Å²) < 4.78 is 38.5. The van der Waals surface area contributed by atoms with Crippen LogP contribution in [0.1, 0.15) is 15.5 Å². The number of amides is 1. The molecule has 0 bridgehead atoms.